The van der Waals surface area contributed by atoms with E-state index in [1.54, 1.807) is 29.4 Å². The van der Waals surface area contributed by atoms with Crippen LogP contribution in [0.15, 0.2) is 47.8 Å². The maximum atomic E-state index is 12.8. The summed E-state index contributed by atoms with van der Waals surface area (Å²) in [6.45, 7) is 1.48. The minimum atomic E-state index is 0.189. The molecule has 0 atom stereocenters. The predicted octanol–water partition coefficient (Wildman–Crippen LogP) is 4.98. The lowest BCUT2D eigenvalue weighted by Gasteiger charge is -2.26. The van der Waals surface area contributed by atoms with Crippen molar-refractivity contribution < 1.29 is 4.79 Å². The third-order valence-electron chi connectivity index (χ3n) is 5.76. The molecule has 0 N–H and O–H groups in total. The van der Waals surface area contributed by atoms with Crippen LogP contribution in [0.4, 0.5) is 0 Å². The number of carbonyl (C=O) groups is 1. The molecule has 1 aliphatic carbocycles. The summed E-state index contributed by atoms with van der Waals surface area (Å²) >= 11 is 3.38. The van der Waals surface area contributed by atoms with Gasteiger partial charge in [-0.1, -0.05) is 48.2 Å². The highest BCUT2D eigenvalue weighted by atomic mass is 32.2. The molecular formula is C23H23N3OS2. The Hall–Kier alpha value is -2.18. The van der Waals surface area contributed by atoms with Gasteiger partial charge in [-0.05, 0) is 48.8 Å². The summed E-state index contributed by atoms with van der Waals surface area (Å²) < 4.78 is 0. The van der Waals surface area contributed by atoms with Crippen molar-refractivity contribution in [2.45, 2.75) is 37.1 Å². The van der Waals surface area contributed by atoms with Gasteiger partial charge in [0.05, 0.1) is 5.75 Å². The first-order valence-electron chi connectivity index (χ1n) is 10.2. The lowest BCUT2D eigenvalue weighted by atomic mass is 9.97. The molecule has 0 fully saturated rings. The van der Waals surface area contributed by atoms with Gasteiger partial charge in [-0.25, -0.2) is 9.97 Å². The van der Waals surface area contributed by atoms with Crippen LogP contribution < -0.4 is 0 Å². The maximum absolute atomic E-state index is 12.8. The van der Waals surface area contributed by atoms with Crippen molar-refractivity contribution in [2.24, 2.45) is 0 Å². The van der Waals surface area contributed by atoms with Gasteiger partial charge >= 0.3 is 0 Å². The number of hydrogen-bond donors (Lipinski definition) is 0. The third kappa shape index (κ3) is 3.83. The summed E-state index contributed by atoms with van der Waals surface area (Å²) in [4.78, 5) is 26.3. The van der Waals surface area contributed by atoms with Gasteiger partial charge in [0.15, 0.2) is 0 Å². The van der Waals surface area contributed by atoms with Crippen LogP contribution >= 0.6 is 23.1 Å². The van der Waals surface area contributed by atoms with Crippen LogP contribution in [0.25, 0.3) is 15.8 Å². The first-order valence-corrected chi connectivity index (χ1v) is 12.0. The summed E-state index contributed by atoms with van der Waals surface area (Å²) in [5, 5.41) is 2.18. The first kappa shape index (κ1) is 18.8. The Kier molecular flexibility index (Phi) is 5.38. The van der Waals surface area contributed by atoms with Gasteiger partial charge in [-0.2, -0.15) is 0 Å². The van der Waals surface area contributed by atoms with Crippen LogP contribution in [0.5, 0.6) is 0 Å². The van der Waals surface area contributed by atoms with E-state index < -0.39 is 0 Å². The lowest BCUT2D eigenvalue weighted by Crippen LogP contribution is -2.35. The molecule has 29 heavy (non-hydrogen) atoms. The van der Waals surface area contributed by atoms with Gasteiger partial charge in [0.1, 0.15) is 16.2 Å². The Morgan fingerprint density at radius 3 is 2.79 bits per heavy atom. The van der Waals surface area contributed by atoms with Crippen LogP contribution in [-0.2, 0) is 17.6 Å². The second-order valence-electron chi connectivity index (χ2n) is 7.54. The monoisotopic (exact) mass is 421 g/mol. The molecule has 0 saturated carbocycles. The zero-order valence-corrected chi connectivity index (χ0v) is 17.9. The Balaban J connectivity index is 1.27. The number of benzene rings is 1. The molecular weight excluding hydrogens is 398 g/mol. The van der Waals surface area contributed by atoms with Gasteiger partial charge in [-0.15, -0.1) is 11.3 Å². The molecule has 0 bridgehead atoms. The van der Waals surface area contributed by atoms with Gasteiger partial charge in [-0.3, -0.25) is 4.79 Å². The highest BCUT2D eigenvalue weighted by Crippen LogP contribution is 2.39. The summed E-state index contributed by atoms with van der Waals surface area (Å²) in [6.07, 6.45) is 9.53. The molecule has 3 aromatic rings. The Labute approximate surface area is 179 Å². The van der Waals surface area contributed by atoms with Crippen LogP contribution in [0.2, 0.25) is 0 Å². The maximum Gasteiger partial charge on any atom is 0.233 e. The van der Waals surface area contributed by atoms with Crippen molar-refractivity contribution in [1.82, 2.24) is 14.9 Å². The van der Waals surface area contributed by atoms with Gasteiger partial charge in [0, 0.05) is 23.4 Å². The zero-order valence-electron chi connectivity index (χ0n) is 16.3. The second kappa shape index (κ2) is 8.28. The molecule has 1 amide bonds. The van der Waals surface area contributed by atoms with E-state index in [0.29, 0.717) is 12.3 Å². The number of fused-ring (bicyclic) bond motifs is 3. The molecule has 0 spiro atoms. The molecule has 0 radical (unpaired) electrons. The van der Waals surface area contributed by atoms with Crippen molar-refractivity contribution in [3.63, 3.8) is 0 Å². The molecule has 6 heteroatoms. The fourth-order valence-electron chi connectivity index (χ4n) is 4.20. The van der Waals surface area contributed by atoms with Crippen molar-refractivity contribution in [1.29, 1.82) is 0 Å². The van der Waals surface area contributed by atoms with E-state index in [1.807, 2.05) is 11.0 Å². The molecule has 148 valence electrons. The molecule has 1 aliphatic heterocycles. The fraction of sp³-hybridized carbons (Fsp3) is 0.348. The SMILES string of the molecule is O=C(CSc1ncnc2sc3c(c12)CCCC3)N1CC=C(c2ccccc2)CC1. The van der Waals surface area contributed by atoms with Gasteiger partial charge in [0.2, 0.25) is 5.91 Å². The van der Waals surface area contributed by atoms with Crippen LogP contribution in [0.3, 0.4) is 0 Å². The van der Waals surface area contributed by atoms with E-state index >= 15 is 0 Å². The van der Waals surface area contributed by atoms with Crippen molar-refractivity contribution in [3.05, 3.63) is 58.7 Å². The summed E-state index contributed by atoms with van der Waals surface area (Å²) in [6, 6.07) is 10.4. The summed E-state index contributed by atoms with van der Waals surface area (Å²) in [5.41, 5.74) is 4.03. The number of aromatic nitrogens is 2. The highest BCUT2D eigenvalue weighted by Gasteiger charge is 2.22. The van der Waals surface area contributed by atoms with E-state index in [1.165, 1.54) is 39.8 Å². The Morgan fingerprint density at radius 1 is 1.10 bits per heavy atom. The molecule has 0 unspecified atom stereocenters. The number of rotatable bonds is 4. The normalized spacial score (nSPS) is 16.6. The van der Waals surface area contributed by atoms with E-state index in [2.05, 4.69) is 40.3 Å². The topological polar surface area (TPSA) is 46.1 Å². The number of thiophene rings is 1. The lowest BCUT2D eigenvalue weighted by molar-refractivity contribution is -0.127. The van der Waals surface area contributed by atoms with Crippen LogP contribution in [-0.4, -0.2) is 39.6 Å². The molecule has 0 saturated heterocycles. The number of thioether (sulfide) groups is 1. The number of amides is 1. The van der Waals surface area contributed by atoms with E-state index in [4.69, 9.17) is 0 Å². The summed E-state index contributed by atoms with van der Waals surface area (Å²) in [7, 11) is 0. The number of aryl methyl sites for hydroxylation is 2. The average Bonchev–Trinajstić information content (AvgIpc) is 3.17. The average molecular weight is 422 g/mol. The molecule has 4 nitrogen and oxygen atoms in total. The smallest absolute Gasteiger partial charge is 0.233 e. The van der Waals surface area contributed by atoms with E-state index in [9.17, 15) is 4.79 Å². The van der Waals surface area contributed by atoms with Crippen LogP contribution in [0.1, 0.15) is 35.3 Å². The minimum absolute atomic E-state index is 0.189. The Morgan fingerprint density at radius 2 is 1.97 bits per heavy atom. The van der Waals surface area contributed by atoms with Crippen molar-refractivity contribution in [2.75, 3.05) is 18.8 Å². The number of nitrogens with zero attached hydrogens (tertiary/aromatic N) is 3. The first-order chi connectivity index (χ1) is 14.3. The van der Waals surface area contributed by atoms with Gasteiger partial charge in [0.25, 0.3) is 0 Å². The number of carbonyl (C=O) groups excluding carboxylic acids is 1. The van der Waals surface area contributed by atoms with Gasteiger partial charge < -0.3 is 4.90 Å². The summed E-state index contributed by atoms with van der Waals surface area (Å²) in [5.74, 6) is 0.625. The molecule has 2 aromatic heterocycles. The standard InChI is InChI=1S/C23H23N3OS2/c27-20(26-12-10-17(11-13-26)16-6-2-1-3-7-16)14-28-22-21-18-8-4-5-9-19(18)29-23(21)25-15-24-22/h1-3,6-7,10,15H,4-5,8-9,11-14H2. The third-order valence-corrected chi connectivity index (χ3v) is 7.93. The van der Waals surface area contributed by atoms with E-state index in [0.717, 1.165) is 35.7 Å². The Bertz CT molecular complexity index is 1070. The van der Waals surface area contributed by atoms with Crippen molar-refractivity contribution >= 4 is 44.8 Å². The quantitative estimate of drug-likeness (QED) is 0.440. The molecule has 3 heterocycles. The molecule has 2 aliphatic rings. The minimum Gasteiger partial charge on any atom is -0.338 e. The fourth-order valence-corrected chi connectivity index (χ4v) is 6.42. The zero-order chi connectivity index (χ0) is 19.6. The highest BCUT2D eigenvalue weighted by molar-refractivity contribution is 8.00. The second-order valence-corrected chi connectivity index (χ2v) is 9.59. The largest absolute Gasteiger partial charge is 0.338 e. The van der Waals surface area contributed by atoms with Crippen molar-refractivity contribution in [3.8, 4) is 0 Å². The number of hydrogen-bond acceptors (Lipinski definition) is 5. The predicted molar refractivity (Wildman–Crippen MR) is 120 cm³/mol. The molecule has 1 aromatic carbocycles. The van der Waals surface area contributed by atoms with Crippen LogP contribution in [0, 0.1) is 0 Å². The van der Waals surface area contributed by atoms with E-state index in [-0.39, 0.29) is 5.91 Å². The molecule has 5 rings (SSSR count).